The van der Waals surface area contributed by atoms with E-state index in [1.807, 2.05) is 59.5 Å². The molecule has 6 amide bonds. The Kier molecular flexibility index (Phi) is 47.9. The fraction of sp³-hybridized carbons (Fsp3) is 0.562. The molecule has 35 nitrogen and oxygen atoms in total. The first-order valence-corrected chi connectivity index (χ1v) is 42.5. The Morgan fingerprint density at radius 3 is 1.69 bits per heavy atom. The van der Waals surface area contributed by atoms with Crippen LogP contribution >= 0.6 is 0 Å². The summed E-state index contributed by atoms with van der Waals surface area (Å²) < 4.78 is 88.3. The van der Waals surface area contributed by atoms with Gasteiger partial charge >= 0.3 is 18.0 Å². The quantitative estimate of drug-likeness (QED) is 0.0135. The minimum atomic E-state index is -2.03. The summed E-state index contributed by atoms with van der Waals surface area (Å²) in [6, 6.07) is 29.1. The molecule has 2 aliphatic heterocycles. The van der Waals surface area contributed by atoms with Crippen molar-refractivity contribution >= 4 is 59.3 Å². The van der Waals surface area contributed by atoms with Gasteiger partial charge in [-0.15, -0.1) is 0 Å². The van der Waals surface area contributed by atoms with Crippen LogP contribution in [0.3, 0.4) is 0 Å². The van der Waals surface area contributed by atoms with Gasteiger partial charge in [0.15, 0.2) is 6.10 Å². The molecule has 124 heavy (non-hydrogen) atoms. The lowest BCUT2D eigenvalue weighted by Crippen LogP contribution is -2.61. The van der Waals surface area contributed by atoms with Gasteiger partial charge in [0.2, 0.25) is 29.9 Å². The summed E-state index contributed by atoms with van der Waals surface area (Å²) in [5.74, 6) is -4.30. The van der Waals surface area contributed by atoms with Gasteiger partial charge in [-0.25, -0.2) is 9.59 Å². The van der Waals surface area contributed by atoms with Crippen LogP contribution in [0.4, 0.5) is 10.5 Å². The van der Waals surface area contributed by atoms with E-state index in [1.54, 1.807) is 55.9 Å². The Bertz CT molecular complexity index is 3940. The Morgan fingerprint density at radius 1 is 0.548 bits per heavy atom. The molecule has 0 saturated carbocycles. The molecule has 1 aliphatic carbocycles. The number of fused-ring (bicyclic) bond motifs is 3. The molecule has 9 N–H and O–H groups in total. The summed E-state index contributed by atoms with van der Waals surface area (Å²) in [5.41, 5.74) is 6.00. The van der Waals surface area contributed by atoms with Gasteiger partial charge in [-0.2, -0.15) is 0 Å². The van der Waals surface area contributed by atoms with Crippen LogP contribution in [0.15, 0.2) is 122 Å². The summed E-state index contributed by atoms with van der Waals surface area (Å²) in [7, 11) is 1.63. The number of carbonyl (C=O) groups excluding carboxylic acids is 7. The van der Waals surface area contributed by atoms with Gasteiger partial charge in [-0.05, 0) is 120 Å². The highest BCUT2D eigenvalue weighted by molar-refractivity contribution is 5.95. The number of rotatable bonds is 64. The number of pyridine rings is 1. The third-order valence-corrected chi connectivity index (χ3v) is 20.1. The number of piperidine rings is 1. The highest BCUT2D eigenvalue weighted by Crippen LogP contribution is 2.44. The van der Waals surface area contributed by atoms with Crippen molar-refractivity contribution in [3.8, 4) is 16.9 Å². The molecule has 3 heterocycles. The number of carbonyl (C=O) groups is 8. The number of hydrogen-bond donors (Lipinski definition) is 9. The van der Waals surface area contributed by atoms with Crippen molar-refractivity contribution in [2.24, 2.45) is 5.92 Å². The number of unbranched alkanes of at least 4 members (excludes halogenated alkanes) is 2. The first-order chi connectivity index (χ1) is 60.5. The Labute approximate surface area is 723 Å². The molecule has 1 aromatic heterocycles. The number of hydrogen-bond acceptors (Lipinski definition) is 28. The maximum atomic E-state index is 14.1. The van der Waals surface area contributed by atoms with Crippen LogP contribution in [0, 0.1) is 5.92 Å². The standard InChI is InChI=1S/C89H123N7O28/c1-109-36-37-111-40-41-113-44-45-115-48-49-117-52-53-119-56-57-120-55-54-118-51-50-116-47-46-114-43-42-112-39-38-110-35-28-78(98)92-31-9-7-20-74(95-89(108)122-63-73-71-18-4-2-16-69(71)70-17-3-5-19-72(70)73)85(104)93-32-25-79(99)94-75-59-67(21-23-76(75)123-88-83(103)81(101)82(102)84(124-88)87(106)107)62-121-80(100)60-66-13-10-15-68(58-66)86(105)96-33-26-64(27-34-96)12-6-8-30-91-77(97)24-22-65-14-11-29-90-61-65/h2-5,10-11,13-19,21-24,29,58-59,61,64,73-74,81-84,88,101-103H,6-9,12,20,25-28,30-57,60,62-63H2,1H3,(H,91,97)(H,92,98)(H,93,104)(H,94,99)(H,95,108)(H,106,107)/b24-22+/t74-,81-,82-,83+,84-,88+/m0/s1. The Hall–Kier alpha value is -9.51. The molecule has 2 saturated heterocycles. The number of alkyl carbamates (subject to hydrolysis) is 1. The number of aromatic nitrogens is 1. The molecule has 2 fully saturated rings. The lowest BCUT2D eigenvalue weighted by Gasteiger charge is -2.38. The molecule has 0 unspecified atom stereocenters. The summed E-state index contributed by atoms with van der Waals surface area (Å²) in [6.45, 7) is 11.1. The van der Waals surface area contributed by atoms with Gasteiger partial charge in [0.05, 0.1) is 164 Å². The molecule has 35 heteroatoms. The zero-order chi connectivity index (χ0) is 88.0. The van der Waals surface area contributed by atoms with Crippen molar-refractivity contribution in [1.82, 2.24) is 31.2 Å². The number of methoxy groups -OCH3 is 1. The second kappa shape index (κ2) is 59.4. The molecule has 0 bridgehead atoms. The van der Waals surface area contributed by atoms with Gasteiger partial charge in [0.1, 0.15) is 43.3 Å². The van der Waals surface area contributed by atoms with E-state index in [2.05, 4.69) is 31.6 Å². The number of anilines is 1. The normalized spacial score (nSPS) is 16.6. The third-order valence-electron chi connectivity index (χ3n) is 20.1. The van der Waals surface area contributed by atoms with E-state index in [-0.39, 0.29) is 100 Å². The summed E-state index contributed by atoms with van der Waals surface area (Å²) >= 11 is 0. The fourth-order valence-corrected chi connectivity index (χ4v) is 13.5. The fourth-order valence-electron chi connectivity index (χ4n) is 13.5. The van der Waals surface area contributed by atoms with Crippen LogP contribution in [0.25, 0.3) is 17.2 Å². The van der Waals surface area contributed by atoms with Crippen molar-refractivity contribution in [3.63, 3.8) is 0 Å². The number of carboxylic acids is 1. The third kappa shape index (κ3) is 38.1. The van der Waals surface area contributed by atoms with E-state index in [9.17, 15) is 58.8 Å². The van der Waals surface area contributed by atoms with Crippen LogP contribution in [0.5, 0.6) is 5.75 Å². The number of nitrogens with zero attached hydrogens (tertiary/aromatic N) is 2. The minimum absolute atomic E-state index is 0.0344. The SMILES string of the molecule is COCCOCCOCCOCCOCCOCCOCCOCCOCCOCCOCCOCCC(=O)NCCCC[C@H](NC(=O)OCC1c2ccccc2-c2ccccc21)C(=O)NCCC(=O)Nc1cc(COC(=O)Cc2cccc(C(=O)N3CCC(CCCCNC(=O)/C=C/c4cccnc4)CC3)c2)ccc1O[C@@H]1O[C@H](C(=O)O)[C@@H](O)[C@H](O)[C@H]1O. The average molecular weight is 1740 g/mol. The summed E-state index contributed by atoms with van der Waals surface area (Å²) in [5, 5.41) is 55.5. The zero-order valence-corrected chi connectivity index (χ0v) is 70.7. The molecule has 3 aliphatic rings. The number of amides is 6. The maximum absolute atomic E-state index is 14.1. The summed E-state index contributed by atoms with van der Waals surface area (Å²) in [4.78, 5) is 112. The molecule has 5 aromatic rings. The smallest absolute Gasteiger partial charge is 0.407 e. The van der Waals surface area contributed by atoms with E-state index in [0.717, 1.165) is 59.9 Å². The number of likely N-dealkylation sites (tertiary alicyclic amines) is 1. The molecule has 0 spiro atoms. The van der Waals surface area contributed by atoms with Crippen molar-refractivity contribution in [1.29, 1.82) is 0 Å². The van der Waals surface area contributed by atoms with Crippen LogP contribution < -0.4 is 31.3 Å². The van der Waals surface area contributed by atoms with Gasteiger partial charge < -0.3 is 128 Å². The summed E-state index contributed by atoms with van der Waals surface area (Å²) in [6.07, 6.45) is 0.552. The molecule has 6 atom stereocenters. The van der Waals surface area contributed by atoms with E-state index >= 15 is 0 Å². The maximum Gasteiger partial charge on any atom is 0.407 e. The lowest BCUT2D eigenvalue weighted by molar-refractivity contribution is -0.271. The number of esters is 1. The van der Waals surface area contributed by atoms with Crippen molar-refractivity contribution in [2.45, 2.75) is 120 Å². The van der Waals surface area contributed by atoms with Gasteiger partial charge in [-0.1, -0.05) is 85.6 Å². The molecule has 4 aromatic carbocycles. The van der Waals surface area contributed by atoms with Gasteiger partial charge in [-0.3, -0.25) is 33.8 Å². The second-order valence-corrected chi connectivity index (χ2v) is 29.3. The van der Waals surface area contributed by atoms with Crippen molar-refractivity contribution in [2.75, 3.05) is 204 Å². The Morgan fingerprint density at radius 2 is 1.11 bits per heavy atom. The van der Waals surface area contributed by atoms with Crippen molar-refractivity contribution < 1.29 is 135 Å². The van der Waals surface area contributed by atoms with Crippen LogP contribution in [-0.4, -0.2) is 313 Å². The van der Waals surface area contributed by atoms with E-state index in [4.69, 9.17) is 75.8 Å². The number of aliphatic hydroxyl groups is 3. The molecule has 0 radical (unpaired) electrons. The number of ether oxygens (including phenoxy) is 16. The number of aliphatic hydroxyl groups excluding tert-OH is 3. The topological polar surface area (TPSA) is 441 Å². The van der Waals surface area contributed by atoms with Crippen LogP contribution in [0.2, 0.25) is 0 Å². The first-order valence-electron chi connectivity index (χ1n) is 42.5. The number of benzene rings is 4. The van der Waals surface area contributed by atoms with E-state index < -0.39 is 66.6 Å². The number of aliphatic carboxylic acids is 1. The number of carboxylic acid groups (broad SMARTS) is 1. The highest BCUT2D eigenvalue weighted by atomic mass is 16.7. The predicted molar refractivity (Wildman–Crippen MR) is 451 cm³/mol. The second-order valence-electron chi connectivity index (χ2n) is 29.3. The highest BCUT2D eigenvalue weighted by Gasteiger charge is 2.48. The average Bonchev–Trinajstić information content (AvgIpc) is 1.59. The van der Waals surface area contributed by atoms with E-state index in [0.29, 0.717) is 194 Å². The van der Waals surface area contributed by atoms with Crippen molar-refractivity contribution in [3.05, 3.63) is 155 Å². The molecule has 8 rings (SSSR count). The molecule has 682 valence electrons. The zero-order valence-electron chi connectivity index (χ0n) is 70.7. The van der Waals surface area contributed by atoms with Gasteiger partial charge in [0, 0.05) is 82.6 Å². The monoisotopic (exact) mass is 1740 g/mol. The van der Waals surface area contributed by atoms with Crippen LogP contribution in [0.1, 0.15) is 108 Å². The molecular formula is C89H123N7O28. The number of nitrogens with one attached hydrogen (secondary N) is 5. The first kappa shape index (κ1) is 99.9. The molecular weight excluding hydrogens is 1610 g/mol. The van der Waals surface area contributed by atoms with Crippen LogP contribution in [-0.2, 0) is 113 Å². The largest absolute Gasteiger partial charge is 0.479 e. The lowest BCUT2D eigenvalue weighted by atomic mass is 9.91. The van der Waals surface area contributed by atoms with Gasteiger partial charge in [0.25, 0.3) is 5.91 Å². The minimum Gasteiger partial charge on any atom is -0.479 e. The van der Waals surface area contributed by atoms with E-state index in [1.165, 1.54) is 24.3 Å². The predicted octanol–water partition coefficient (Wildman–Crippen LogP) is 5.35. The Balaban J connectivity index is 0.711.